The summed E-state index contributed by atoms with van der Waals surface area (Å²) >= 11 is 0. The third-order valence-electron chi connectivity index (χ3n) is 6.18. The third-order valence-corrected chi connectivity index (χ3v) is 6.18. The van der Waals surface area contributed by atoms with Crippen molar-refractivity contribution >= 4 is 5.91 Å². The molecule has 2 saturated carbocycles. The van der Waals surface area contributed by atoms with E-state index in [1.165, 1.54) is 0 Å². The smallest absolute Gasteiger partial charge is 0.257 e. The van der Waals surface area contributed by atoms with Gasteiger partial charge < -0.3 is 15.7 Å². The van der Waals surface area contributed by atoms with E-state index in [1.54, 1.807) is 0 Å². The van der Waals surface area contributed by atoms with Gasteiger partial charge in [0.2, 0.25) is 0 Å². The molecule has 1 aromatic rings. The molecule has 3 aliphatic rings. The molecule has 5 nitrogen and oxygen atoms in total. The zero-order chi connectivity index (χ0) is 16.6. The van der Waals surface area contributed by atoms with E-state index in [0.29, 0.717) is 30.1 Å². The molecule has 1 unspecified atom stereocenters. The van der Waals surface area contributed by atoms with Crippen LogP contribution in [-0.2, 0) is 10.4 Å². The van der Waals surface area contributed by atoms with E-state index in [0.717, 1.165) is 38.8 Å². The summed E-state index contributed by atoms with van der Waals surface area (Å²) in [6.07, 6.45) is 3.99. The van der Waals surface area contributed by atoms with Crippen LogP contribution in [0.5, 0.6) is 0 Å². The zero-order valence-electron chi connectivity index (χ0n) is 14.0. The van der Waals surface area contributed by atoms with Crippen LogP contribution in [0, 0.1) is 17.8 Å². The first-order chi connectivity index (χ1) is 11.7. The van der Waals surface area contributed by atoms with E-state index >= 15 is 0 Å². The number of hydrogen-bond donors (Lipinski definition) is 4. The number of nitrogens with one attached hydrogen (secondary N) is 3. The largest absolute Gasteiger partial charge is 0.375 e. The second-order valence-electron chi connectivity index (χ2n) is 7.51. The highest BCUT2D eigenvalue weighted by atomic mass is 16.3. The maximum atomic E-state index is 12.9. The van der Waals surface area contributed by atoms with Crippen molar-refractivity contribution in [3.8, 4) is 0 Å². The monoisotopic (exact) mass is 329 g/mol. The molecule has 24 heavy (non-hydrogen) atoms. The molecule has 1 aromatic carbocycles. The molecule has 1 heterocycles. The molecule has 4 atom stereocenters. The first-order valence-electron chi connectivity index (χ1n) is 9.21. The summed E-state index contributed by atoms with van der Waals surface area (Å²) in [5, 5.41) is 21.1. The van der Waals surface area contributed by atoms with Crippen molar-refractivity contribution in [1.82, 2.24) is 16.0 Å². The van der Waals surface area contributed by atoms with E-state index in [4.69, 9.17) is 0 Å². The quantitative estimate of drug-likeness (QED) is 0.586. The van der Waals surface area contributed by atoms with Gasteiger partial charge in [0.15, 0.2) is 5.60 Å². The van der Waals surface area contributed by atoms with Crippen LogP contribution in [0.2, 0.25) is 0 Å². The van der Waals surface area contributed by atoms with Gasteiger partial charge in [0.25, 0.3) is 5.91 Å². The Morgan fingerprint density at radius 2 is 1.83 bits per heavy atom. The molecule has 2 aliphatic carbocycles. The van der Waals surface area contributed by atoms with Crippen molar-refractivity contribution in [2.24, 2.45) is 17.8 Å². The molecule has 1 saturated heterocycles. The molecule has 4 rings (SSSR count). The van der Waals surface area contributed by atoms with Crippen molar-refractivity contribution in [3.05, 3.63) is 35.9 Å². The topological polar surface area (TPSA) is 73.4 Å². The van der Waals surface area contributed by atoms with Gasteiger partial charge in [-0.1, -0.05) is 43.2 Å². The van der Waals surface area contributed by atoms with Crippen LogP contribution in [0.1, 0.15) is 31.2 Å². The van der Waals surface area contributed by atoms with Gasteiger partial charge in [-0.3, -0.25) is 10.1 Å². The molecule has 0 aromatic heterocycles. The Morgan fingerprint density at radius 1 is 1.17 bits per heavy atom. The number of fused-ring (bicyclic) bond motifs is 1. The van der Waals surface area contributed by atoms with Gasteiger partial charge in [-0.15, -0.1) is 0 Å². The summed E-state index contributed by atoms with van der Waals surface area (Å²) in [4.78, 5) is 12.9. The maximum Gasteiger partial charge on any atom is 0.257 e. The van der Waals surface area contributed by atoms with Crippen LogP contribution < -0.4 is 16.0 Å². The molecule has 130 valence electrons. The number of aliphatic hydroxyl groups is 1. The molecule has 0 radical (unpaired) electrons. The molecule has 4 N–H and O–H groups in total. The summed E-state index contributed by atoms with van der Waals surface area (Å²) < 4.78 is 0. The van der Waals surface area contributed by atoms with Crippen molar-refractivity contribution in [3.63, 3.8) is 0 Å². The van der Waals surface area contributed by atoms with E-state index in [2.05, 4.69) is 16.0 Å². The second-order valence-corrected chi connectivity index (χ2v) is 7.51. The Hall–Kier alpha value is -1.43. The predicted molar refractivity (Wildman–Crippen MR) is 92.1 cm³/mol. The van der Waals surface area contributed by atoms with E-state index in [-0.39, 0.29) is 11.8 Å². The van der Waals surface area contributed by atoms with E-state index < -0.39 is 5.60 Å². The number of rotatable bonds is 6. The first kappa shape index (κ1) is 16.1. The highest BCUT2D eigenvalue weighted by Gasteiger charge is 2.52. The fourth-order valence-corrected chi connectivity index (χ4v) is 4.69. The van der Waals surface area contributed by atoms with Gasteiger partial charge in [-0.2, -0.15) is 0 Å². The fraction of sp³-hybridized carbons (Fsp3) is 0.632. The van der Waals surface area contributed by atoms with Gasteiger partial charge in [-0.25, -0.2) is 0 Å². The second kappa shape index (κ2) is 6.47. The molecule has 0 spiro atoms. The van der Waals surface area contributed by atoms with Crippen molar-refractivity contribution in [2.75, 3.05) is 19.8 Å². The Balaban J connectivity index is 1.41. The van der Waals surface area contributed by atoms with Crippen molar-refractivity contribution < 1.29 is 9.90 Å². The molecular formula is C19H27N3O2. The number of piperidine rings is 1. The molecule has 0 bridgehead atoms. The number of carbonyl (C=O) groups excluding carboxylic acids is 1. The lowest BCUT2D eigenvalue weighted by atomic mass is 9.79. The Labute approximate surface area is 143 Å². The van der Waals surface area contributed by atoms with Gasteiger partial charge in [0.1, 0.15) is 0 Å². The molecule has 5 heteroatoms. The maximum absolute atomic E-state index is 12.9. The Morgan fingerprint density at radius 3 is 2.50 bits per heavy atom. The van der Waals surface area contributed by atoms with Gasteiger partial charge in [0.05, 0.1) is 6.67 Å². The minimum atomic E-state index is -1.42. The van der Waals surface area contributed by atoms with Crippen LogP contribution in [0.25, 0.3) is 0 Å². The average molecular weight is 329 g/mol. The SMILES string of the molecule is O=C(NCNC1[C@H]2CNC[C@@H]12)[C@@](O)(c1ccccc1)C1CCCC1. The number of benzene rings is 1. The van der Waals surface area contributed by atoms with Crippen LogP contribution in [0.4, 0.5) is 0 Å². The highest BCUT2D eigenvalue weighted by molar-refractivity contribution is 5.86. The lowest BCUT2D eigenvalue weighted by Gasteiger charge is -2.33. The molecular weight excluding hydrogens is 302 g/mol. The van der Waals surface area contributed by atoms with Crippen LogP contribution >= 0.6 is 0 Å². The lowest BCUT2D eigenvalue weighted by molar-refractivity contribution is -0.147. The van der Waals surface area contributed by atoms with Gasteiger partial charge in [-0.05, 0) is 43.3 Å². The standard InChI is InChI=1S/C19H27N3O2/c23-18(22-12-21-17-15-10-20-11-16(15)17)19(24,14-8-4-5-9-14)13-6-2-1-3-7-13/h1-3,6-7,14-17,20-21,24H,4-5,8-12H2,(H,22,23)/t15-,16+,17?,19-/m1/s1. The normalized spacial score (nSPS) is 31.5. The molecule has 1 aliphatic heterocycles. The minimum Gasteiger partial charge on any atom is -0.375 e. The Kier molecular flexibility index (Phi) is 4.33. The summed E-state index contributed by atoms with van der Waals surface area (Å²) in [5.41, 5.74) is -0.706. The van der Waals surface area contributed by atoms with E-state index in [1.807, 2.05) is 30.3 Å². The highest BCUT2D eigenvalue weighted by Crippen LogP contribution is 2.42. The number of hydrogen-bond acceptors (Lipinski definition) is 4. The average Bonchev–Trinajstić information content (AvgIpc) is 3.07. The number of amides is 1. The van der Waals surface area contributed by atoms with Gasteiger partial charge in [0, 0.05) is 12.0 Å². The molecule has 1 amide bonds. The zero-order valence-corrected chi connectivity index (χ0v) is 14.0. The number of carbonyl (C=O) groups is 1. The van der Waals surface area contributed by atoms with Crippen LogP contribution in [0.15, 0.2) is 30.3 Å². The molecule has 3 fully saturated rings. The minimum absolute atomic E-state index is 0.00408. The first-order valence-corrected chi connectivity index (χ1v) is 9.21. The summed E-state index contributed by atoms with van der Waals surface area (Å²) in [6.45, 7) is 2.58. The summed E-state index contributed by atoms with van der Waals surface area (Å²) in [6, 6.07) is 9.93. The predicted octanol–water partition coefficient (Wildman–Crippen LogP) is 0.946. The van der Waals surface area contributed by atoms with Crippen molar-refractivity contribution in [2.45, 2.75) is 37.3 Å². The Bertz CT molecular complexity index is 578. The van der Waals surface area contributed by atoms with Crippen LogP contribution in [-0.4, -0.2) is 36.8 Å². The fourth-order valence-electron chi connectivity index (χ4n) is 4.69. The summed E-state index contributed by atoms with van der Waals surface area (Å²) in [5.74, 6) is 1.16. The summed E-state index contributed by atoms with van der Waals surface area (Å²) in [7, 11) is 0. The van der Waals surface area contributed by atoms with E-state index in [9.17, 15) is 9.90 Å². The van der Waals surface area contributed by atoms with Crippen molar-refractivity contribution in [1.29, 1.82) is 0 Å². The third kappa shape index (κ3) is 2.75. The lowest BCUT2D eigenvalue weighted by Crippen LogP contribution is -2.51. The van der Waals surface area contributed by atoms with Gasteiger partial charge >= 0.3 is 0 Å². The van der Waals surface area contributed by atoms with Crippen LogP contribution in [0.3, 0.4) is 0 Å².